The highest BCUT2D eigenvalue weighted by atomic mass is 16.3. The number of aromatic nitrogens is 2. The van der Waals surface area contributed by atoms with Gasteiger partial charge in [0.1, 0.15) is 0 Å². The second-order valence-electron chi connectivity index (χ2n) is 5.70. The Labute approximate surface area is 125 Å². The minimum Gasteiger partial charge on any atom is -0.396 e. The Morgan fingerprint density at radius 2 is 1.86 bits per heavy atom. The number of nitrogens with zero attached hydrogens (tertiary/aromatic N) is 2. The summed E-state index contributed by atoms with van der Waals surface area (Å²) in [5.74, 6) is 0. The van der Waals surface area contributed by atoms with Gasteiger partial charge in [0.15, 0.2) is 0 Å². The maximum atomic E-state index is 12.0. The zero-order valence-electron chi connectivity index (χ0n) is 13.5. The molecule has 21 heavy (non-hydrogen) atoms. The summed E-state index contributed by atoms with van der Waals surface area (Å²) in [6.07, 6.45) is 4.28. The maximum Gasteiger partial charge on any atom is 0.330 e. The van der Waals surface area contributed by atoms with Crippen LogP contribution in [0.1, 0.15) is 38.7 Å². The number of aryl methyl sites for hydroxylation is 1. The van der Waals surface area contributed by atoms with Crippen molar-refractivity contribution in [2.24, 2.45) is 19.5 Å². The SMILES string of the molecule is CCC(CC)(CCO)CNCc1cn(C)c(=O)n(C)c1=O. The fourth-order valence-corrected chi connectivity index (χ4v) is 2.65. The molecule has 6 heteroatoms. The molecule has 0 aliphatic carbocycles. The van der Waals surface area contributed by atoms with Crippen LogP contribution in [0, 0.1) is 5.41 Å². The molecule has 2 N–H and O–H groups in total. The van der Waals surface area contributed by atoms with Gasteiger partial charge in [0, 0.05) is 45.6 Å². The van der Waals surface area contributed by atoms with Gasteiger partial charge < -0.3 is 15.0 Å². The van der Waals surface area contributed by atoms with Crippen LogP contribution in [0.4, 0.5) is 0 Å². The van der Waals surface area contributed by atoms with Crippen molar-refractivity contribution < 1.29 is 5.11 Å². The highest BCUT2D eigenvalue weighted by Crippen LogP contribution is 2.29. The monoisotopic (exact) mass is 297 g/mol. The van der Waals surface area contributed by atoms with E-state index in [0.717, 1.165) is 30.4 Å². The summed E-state index contributed by atoms with van der Waals surface area (Å²) in [6, 6.07) is 0. The zero-order valence-corrected chi connectivity index (χ0v) is 13.5. The van der Waals surface area contributed by atoms with Crippen LogP contribution >= 0.6 is 0 Å². The summed E-state index contributed by atoms with van der Waals surface area (Å²) in [7, 11) is 3.13. The number of hydrogen-bond acceptors (Lipinski definition) is 4. The predicted molar refractivity (Wildman–Crippen MR) is 83.3 cm³/mol. The number of nitrogens with one attached hydrogen (secondary N) is 1. The first-order valence-corrected chi connectivity index (χ1v) is 7.48. The van der Waals surface area contributed by atoms with Crippen molar-refractivity contribution >= 4 is 0 Å². The van der Waals surface area contributed by atoms with Crippen molar-refractivity contribution in [3.63, 3.8) is 0 Å². The van der Waals surface area contributed by atoms with Gasteiger partial charge in [0.25, 0.3) is 5.56 Å². The van der Waals surface area contributed by atoms with E-state index in [2.05, 4.69) is 19.2 Å². The third-order valence-electron chi connectivity index (χ3n) is 4.48. The zero-order chi connectivity index (χ0) is 16.0. The normalized spacial score (nSPS) is 11.9. The average Bonchev–Trinajstić information content (AvgIpc) is 2.49. The Morgan fingerprint density at radius 1 is 1.24 bits per heavy atom. The molecular formula is C15H27N3O3. The molecule has 120 valence electrons. The molecule has 0 atom stereocenters. The Bertz CT molecular complexity index is 571. The lowest BCUT2D eigenvalue weighted by Gasteiger charge is -2.31. The Kier molecular flexibility index (Phi) is 6.36. The van der Waals surface area contributed by atoms with E-state index in [1.54, 1.807) is 13.2 Å². The molecule has 0 aromatic carbocycles. The van der Waals surface area contributed by atoms with E-state index < -0.39 is 0 Å². The molecule has 1 aromatic heterocycles. The topological polar surface area (TPSA) is 76.3 Å². The van der Waals surface area contributed by atoms with Crippen molar-refractivity contribution in [3.05, 3.63) is 32.6 Å². The number of aliphatic hydroxyl groups excluding tert-OH is 1. The van der Waals surface area contributed by atoms with Gasteiger partial charge in [-0.2, -0.15) is 0 Å². The van der Waals surface area contributed by atoms with Crippen molar-refractivity contribution in [3.8, 4) is 0 Å². The first-order valence-electron chi connectivity index (χ1n) is 7.48. The summed E-state index contributed by atoms with van der Waals surface area (Å²) >= 11 is 0. The second-order valence-corrected chi connectivity index (χ2v) is 5.70. The summed E-state index contributed by atoms with van der Waals surface area (Å²) in [5.41, 5.74) is 0.0530. The van der Waals surface area contributed by atoms with E-state index in [-0.39, 0.29) is 23.3 Å². The summed E-state index contributed by atoms with van der Waals surface area (Å²) in [4.78, 5) is 23.7. The van der Waals surface area contributed by atoms with Crippen molar-refractivity contribution in [2.45, 2.75) is 39.7 Å². The van der Waals surface area contributed by atoms with Crippen LogP contribution in [0.2, 0.25) is 0 Å². The third kappa shape index (κ3) is 4.04. The van der Waals surface area contributed by atoms with Gasteiger partial charge >= 0.3 is 5.69 Å². The molecule has 0 bridgehead atoms. The third-order valence-corrected chi connectivity index (χ3v) is 4.48. The molecule has 0 aliphatic rings. The van der Waals surface area contributed by atoms with Crippen LogP contribution in [-0.2, 0) is 20.6 Å². The first kappa shape index (κ1) is 17.7. The molecule has 0 unspecified atom stereocenters. The lowest BCUT2D eigenvalue weighted by Crippen LogP contribution is -2.41. The fraction of sp³-hybridized carbons (Fsp3) is 0.733. The van der Waals surface area contributed by atoms with Crippen LogP contribution in [0.25, 0.3) is 0 Å². The molecule has 1 aromatic rings. The van der Waals surface area contributed by atoms with Gasteiger partial charge in [-0.1, -0.05) is 13.8 Å². The standard InChI is InChI=1S/C15H27N3O3/c1-5-15(6-2,7-8-19)11-16-9-12-10-17(3)14(21)18(4)13(12)20/h10,16,19H,5-9,11H2,1-4H3. The van der Waals surface area contributed by atoms with Crippen molar-refractivity contribution in [1.82, 2.24) is 14.5 Å². The average molecular weight is 297 g/mol. The molecular weight excluding hydrogens is 270 g/mol. The van der Waals surface area contributed by atoms with E-state index in [1.807, 2.05) is 0 Å². The molecule has 1 rings (SSSR count). The molecule has 0 saturated carbocycles. The molecule has 6 nitrogen and oxygen atoms in total. The highest BCUT2D eigenvalue weighted by Gasteiger charge is 2.25. The van der Waals surface area contributed by atoms with E-state index in [1.165, 1.54) is 11.6 Å². The molecule has 0 fully saturated rings. The van der Waals surface area contributed by atoms with Crippen LogP contribution in [0.5, 0.6) is 0 Å². The number of rotatable bonds is 8. The molecule has 0 amide bonds. The summed E-state index contributed by atoms with van der Waals surface area (Å²) in [5, 5.41) is 12.5. The highest BCUT2D eigenvalue weighted by molar-refractivity contribution is 5.05. The lowest BCUT2D eigenvalue weighted by molar-refractivity contribution is 0.163. The molecule has 1 heterocycles. The van der Waals surface area contributed by atoms with E-state index in [0.29, 0.717) is 12.1 Å². The minimum absolute atomic E-state index is 0.0562. The quantitative estimate of drug-likeness (QED) is 0.726. The van der Waals surface area contributed by atoms with Crippen molar-refractivity contribution in [1.29, 1.82) is 0 Å². The molecule has 0 spiro atoms. The minimum atomic E-state index is -0.319. The Hall–Kier alpha value is -1.40. The van der Waals surface area contributed by atoms with Gasteiger partial charge in [0.05, 0.1) is 0 Å². The molecule has 0 saturated heterocycles. The lowest BCUT2D eigenvalue weighted by atomic mass is 9.79. The van der Waals surface area contributed by atoms with Crippen molar-refractivity contribution in [2.75, 3.05) is 13.2 Å². The number of hydrogen-bond donors (Lipinski definition) is 2. The van der Waals surface area contributed by atoms with Crippen LogP contribution in [-0.4, -0.2) is 27.4 Å². The second kappa shape index (κ2) is 7.56. The van der Waals surface area contributed by atoms with Gasteiger partial charge in [0.2, 0.25) is 0 Å². The van der Waals surface area contributed by atoms with E-state index in [4.69, 9.17) is 0 Å². The summed E-state index contributed by atoms with van der Waals surface area (Å²) in [6.45, 7) is 5.57. The molecule has 0 aliphatic heterocycles. The number of aliphatic hydroxyl groups is 1. The van der Waals surface area contributed by atoms with E-state index >= 15 is 0 Å². The van der Waals surface area contributed by atoms with Gasteiger partial charge in [-0.15, -0.1) is 0 Å². The molecule has 0 radical (unpaired) electrons. The Morgan fingerprint density at radius 3 is 2.38 bits per heavy atom. The Balaban J connectivity index is 2.81. The van der Waals surface area contributed by atoms with Crippen LogP contribution in [0.3, 0.4) is 0 Å². The maximum absolute atomic E-state index is 12.0. The van der Waals surface area contributed by atoms with Crippen LogP contribution in [0.15, 0.2) is 15.8 Å². The van der Waals surface area contributed by atoms with Gasteiger partial charge in [-0.3, -0.25) is 9.36 Å². The predicted octanol–water partition coefficient (Wildman–Crippen LogP) is 0.362. The van der Waals surface area contributed by atoms with Gasteiger partial charge in [-0.05, 0) is 24.7 Å². The van der Waals surface area contributed by atoms with Gasteiger partial charge in [-0.25, -0.2) is 4.79 Å². The van der Waals surface area contributed by atoms with E-state index in [9.17, 15) is 14.7 Å². The van der Waals surface area contributed by atoms with Crippen LogP contribution < -0.4 is 16.6 Å². The fourth-order valence-electron chi connectivity index (χ4n) is 2.65. The largest absolute Gasteiger partial charge is 0.396 e. The first-order chi connectivity index (χ1) is 9.90. The smallest absolute Gasteiger partial charge is 0.330 e. The summed E-state index contributed by atoms with van der Waals surface area (Å²) < 4.78 is 2.54.